The fourth-order valence-electron chi connectivity index (χ4n) is 4.24. The number of benzene rings is 2. The molecule has 1 fully saturated rings. The van der Waals surface area contributed by atoms with Crippen LogP contribution in [0, 0.1) is 0 Å². The molecule has 0 spiro atoms. The molecule has 1 saturated heterocycles. The van der Waals surface area contributed by atoms with Gasteiger partial charge in [0.1, 0.15) is 0 Å². The fourth-order valence-corrected chi connectivity index (χ4v) is 4.24. The first kappa shape index (κ1) is 17.4. The highest BCUT2D eigenvalue weighted by atomic mass is 16.7. The van der Waals surface area contributed by atoms with E-state index >= 15 is 0 Å². The van der Waals surface area contributed by atoms with Crippen LogP contribution in [0.1, 0.15) is 24.8 Å². The van der Waals surface area contributed by atoms with E-state index in [4.69, 9.17) is 14.5 Å². The molecule has 0 radical (unpaired) electrons. The molecular formula is C22H27N4O2+. The van der Waals surface area contributed by atoms with Gasteiger partial charge in [0.2, 0.25) is 12.7 Å². The maximum absolute atomic E-state index is 5.50. The van der Waals surface area contributed by atoms with Gasteiger partial charge in [0.15, 0.2) is 11.5 Å². The van der Waals surface area contributed by atoms with E-state index in [1.54, 1.807) is 4.90 Å². The van der Waals surface area contributed by atoms with Crippen molar-refractivity contribution in [2.75, 3.05) is 31.7 Å². The van der Waals surface area contributed by atoms with Crippen molar-refractivity contribution in [3.63, 3.8) is 0 Å². The van der Waals surface area contributed by atoms with E-state index < -0.39 is 0 Å². The number of quaternary nitrogens is 1. The zero-order chi connectivity index (χ0) is 18.8. The second-order valence-corrected chi connectivity index (χ2v) is 7.68. The summed E-state index contributed by atoms with van der Waals surface area (Å²) in [5.74, 6) is 2.58. The van der Waals surface area contributed by atoms with Crippen LogP contribution in [0.25, 0.3) is 11.0 Å². The normalized spacial score (nSPS) is 16.6. The number of imidazole rings is 1. The number of likely N-dealkylation sites (tertiary alicyclic amines) is 1. The average molecular weight is 379 g/mol. The monoisotopic (exact) mass is 379 g/mol. The molecule has 0 aliphatic carbocycles. The lowest BCUT2D eigenvalue weighted by Crippen LogP contribution is -3.13. The Morgan fingerprint density at radius 1 is 1.00 bits per heavy atom. The largest absolute Gasteiger partial charge is 0.454 e. The number of fused-ring (bicyclic) bond motifs is 2. The number of anilines is 1. The maximum Gasteiger partial charge on any atom is 0.231 e. The first-order valence-corrected chi connectivity index (χ1v) is 10.3. The zero-order valence-electron chi connectivity index (χ0n) is 16.1. The molecule has 2 aromatic carbocycles. The Morgan fingerprint density at radius 3 is 2.79 bits per heavy atom. The summed E-state index contributed by atoms with van der Waals surface area (Å²) in [5, 5.41) is 3.54. The van der Waals surface area contributed by atoms with Gasteiger partial charge in [0, 0.05) is 6.54 Å². The van der Waals surface area contributed by atoms with Crippen molar-refractivity contribution >= 4 is 17.0 Å². The van der Waals surface area contributed by atoms with Crippen LogP contribution in [0.4, 0.5) is 5.95 Å². The number of para-hydroxylation sites is 2. The van der Waals surface area contributed by atoms with Crippen molar-refractivity contribution in [1.82, 2.24) is 9.55 Å². The van der Waals surface area contributed by atoms with Crippen LogP contribution < -0.4 is 19.7 Å². The van der Waals surface area contributed by atoms with Gasteiger partial charge in [-0.3, -0.25) is 0 Å². The predicted molar refractivity (Wildman–Crippen MR) is 109 cm³/mol. The highest BCUT2D eigenvalue weighted by Crippen LogP contribution is 2.32. The molecule has 146 valence electrons. The number of piperidine rings is 1. The summed E-state index contributed by atoms with van der Waals surface area (Å²) >= 11 is 0. The van der Waals surface area contributed by atoms with Gasteiger partial charge in [0.05, 0.1) is 37.2 Å². The Balaban J connectivity index is 1.34. The number of ether oxygens (including phenoxy) is 2. The van der Waals surface area contributed by atoms with Crippen LogP contribution >= 0.6 is 0 Å². The minimum Gasteiger partial charge on any atom is -0.454 e. The molecule has 6 nitrogen and oxygen atoms in total. The second-order valence-electron chi connectivity index (χ2n) is 7.68. The number of nitrogens with one attached hydrogen (secondary N) is 2. The predicted octanol–water partition coefficient (Wildman–Crippen LogP) is 2.45. The van der Waals surface area contributed by atoms with Crippen LogP contribution in [-0.2, 0) is 13.1 Å². The SMILES string of the molecule is c1ccc2c(c1)nc(NCc1ccc3c(c1)OCO3)n2CC[NH+]1CCCCC1. The van der Waals surface area contributed by atoms with Gasteiger partial charge in [-0.2, -0.15) is 0 Å². The van der Waals surface area contributed by atoms with Gasteiger partial charge in [-0.25, -0.2) is 4.98 Å². The number of hydrogen-bond donors (Lipinski definition) is 2. The molecule has 2 aliphatic heterocycles. The minimum atomic E-state index is 0.306. The maximum atomic E-state index is 5.50. The molecule has 0 atom stereocenters. The summed E-state index contributed by atoms with van der Waals surface area (Å²) in [7, 11) is 0. The zero-order valence-corrected chi connectivity index (χ0v) is 16.1. The Hall–Kier alpha value is -2.73. The van der Waals surface area contributed by atoms with Crippen molar-refractivity contribution in [1.29, 1.82) is 0 Å². The summed E-state index contributed by atoms with van der Waals surface area (Å²) in [6.07, 6.45) is 4.10. The molecule has 28 heavy (non-hydrogen) atoms. The van der Waals surface area contributed by atoms with Crippen LogP contribution in [0.5, 0.6) is 11.5 Å². The van der Waals surface area contributed by atoms with Crippen LogP contribution in [0.3, 0.4) is 0 Å². The van der Waals surface area contributed by atoms with Crippen LogP contribution in [0.15, 0.2) is 42.5 Å². The lowest BCUT2D eigenvalue weighted by molar-refractivity contribution is -0.905. The van der Waals surface area contributed by atoms with E-state index in [9.17, 15) is 0 Å². The molecule has 0 bridgehead atoms. The number of hydrogen-bond acceptors (Lipinski definition) is 4. The molecular weight excluding hydrogens is 352 g/mol. The van der Waals surface area contributed by atoms with E-state index in [0.29, 0.717) is 13.3 Å². The van der Waals surface area contributed by atoms with Crippen molar-refractivity contribution in [2.45, 2.75) is 32.4 Å². The van der Waals surface area contributed by atoms with Crippen molar-refractivity contribution < 1.29 is 14.4 Å². The Kier molecular flexibility index (Phi) is 4.79. The van der Waals surface area contributed by atoms with E-state index in [-0.39, 0.29) is 0 Å². The first-order valence-electron chi connectivity index (χ1n) is 10.3. The van der Waals surface area contributed by atoms with Crippen LogP contribution in [-0.4, -0.2) is 36.0 Å². The summed E-state index contributed by atoms with van der Waals surface area (Å²) in [5.41, 5.74) is 3.40. The third-order valence-corrected chi connectivity index (χ3v) is 5.79. The number of nitrogens with zero attached hydrogens (tertiary/aromatic N) is 2. The van der Waals surface area contributed by atoms with Crippen LogP contribution in [0.2, 0.25) is 0 Å². The fraction of sp³-hybridized carbons (Fsp3) is 0.409. The molecule has 1 aromatic heterocycles. The molecule has 6 heteroatoms. The average Bonchev–Trinajstić information content (AvgIpc) is 3.35. The van der Waals surface area contributed by atoms with Gasteiger partial charge in [0.25, 0.3) is 0 Å². The third kappa shape index (κ3) is 3.52. The van der Waals surface area contributed by atoms with Gasteiger partial charge in [-0.1, -0.05) is 18.2 Å². The molecule has 3 heterocycles. The molecule has 0 amide bonds. The molecule has 3 aromatic rings. The lowest BCUT2D eigenvalue weighted by atomic mass is 10.1. The van der Waals surface area contributed by atoms with Crippen molar-refractivity contribution in [2.24, 2.45) is 0 Å². The highest BCUT2D eigenvalue weighted by molar-refractivity contribution is 5.78. The van der Waals surface area contributed by atoms with Gasteiger partial charge >= 0.3 is 0 Å². The summed E-state index contributed by atoms with van der Waals surface area (Å²) < 4.78 is 13.2. The second kappa shape index (κ2) is 7.72. The topological polar surface area (TPSA) is 52.8 Å². The van der Waals surface area contributed by atoms with E-state index in [1.807, 2.05) is 12.1 Å². The van der Waals surface area contributed by atoms with E-state index in [2.05, 4.69) is 40.2 Å². The standard InChI is InChI=1S/C22H26N4O2/c1-4-10-25(11-5-1)12-13-26-19-7-3-2-6-18(19)24-22(26)23-15-17-8-9-20-21(14-17)28-16-27-20/h2-3,6-9,14H,1,4-5,10-13,15-16H2,(H,23,24)/p+1. The van der Waals surface area contributed by atoms with E-state index in [1.165, 1.54) is 37.9 Å². The summed E-state index contributed by atoms with van der Waals surface area (Å²) in [6.45, 7) is 5.74. The third-order valence-electron chi connectivity index (χ3n) is 5.79. The number of rotatable bonds is 6. The summed E-state index contributed by atoms with van der Waals surface area (Å²) in [4.78, 5) is 6.56. The van der Waals surface area contributed by atoms with Crippen molar-refractivity contribution in [3.05, 3.63) is 48.0 Å². The first-order chi connectivity index (χ1) is 13.9. The van der Waals surface area contributed by atoms with Gasteiger partial charge in [-0.15, -0.1) is 0 Å². The molecule has 0 saturated carbocycles. The molecule has 5 rings (SSSR count). The molecule has 2 N–H and O–H groups in total. The Bertz CT molecular complexity index is 962. The summed E-state index contributed by atoms with van der Waals surface area (Å²) in [6, 6.07) is 14.5. The van der Waals surface area contributed by atoms with Gasteiger partial charge < -0.3 is 24.3 Å². The molecule has 0 unspecified atom stereocenters. The quantitative estimate of drug-likeness (QED) is 0.691. The highest BCUT2D eigenvalue weighted by Gasteiger charge is 2.17. The Morgan fingerprint density at radius 2 is 1.86 bits per heavy atom. The number of aromatic nitrogens is 2. The lowest BCUT2D eigenvalue weighted by Gasteiger charge is -2.24. The Labute approximate surface area is 165 Å². The molecule has 2 aliphatic rings. The van der Waals surface area contributed by atoms with Gasteiger partial charge in [-0.05, 0) is 49.1 Å². The smallest absolute Gasteiger partial charge is 0.231 e. The minimum absolute atomic E-state index is 0.306. The van der Waals surface area contributed by atoms with E-state index in [0.717, 1.165) is 41.6 Å². The van der Waals surface area contributed by atoms with Crippen molar-refractivity contribution in [3.8, 4) is 11.5 Å².